The Morgan fingerprint density at radius 1 is 0.550 bits per heavy atom. The predicted octanol–water partition coefficient (Wildman–Crippen LogP) is 6.48. The van der Waals surface area contributed by atoms with Crippen molar-refractivity contribution in [1.82, 2.24) is 0 Å². The summed E-state index contributed by atoms with van der Waals surface area (Å²) >= 11 is 0. The van der Waals surface area contributed by atoms with Crippen LogP contribution in [-0.4, -0.2) is 108 Å². The van der Waals surface area contributed by atoms with Crippen LogP contribution in [0.5, 0.6) is 0 Å². The van der Waals surface area contributed by atoms with Crippen molar-refractivity contribution in [3.63, 3.8) is 0 Å². The van der Waals surface area contributed by atoms with Crippen LogP contribution in [0.3, 0.4) is 0 Å². The van der Waals surface area contributed by atoms with Gasteiger partial charge >= 0.3 is 0 Å². The molecule has 0 radical (unpaired) electrons. The number of fused-ring (bicyclic) bond motifs is 2. The molecule has 4 aromatic rings. The maximum atomic E-state index is 7.15. The van der Waals surface area contributed by atoms with E-state index in [1.54, 1.807) is 35.2 Å². The first-order chi connectivity index (χ1) is 29.3. The number of rotatable bonds is 16. The minimum atomic E-state index is -1.37. The van der Waals surface area contributed by atoms with Crippen LogP contribution >= 0.6 is 0 Å². The van der Waals surface area contributed by atoms with Gasteiger partial charge in [-0.3, -0.25) is 0 Å². The molecular weight excluding hydrogens is 773 g/mol. The summed E-state index contributed by atoms with van der Waals surface area (Å²) < 4.78 is 85.3. The molecular formula is C47H56O13. The summed E-state index contributed by atoms with van der Waals surface area (Å²) in [6.45, 7) is 4.76. The zero-order chi connectivity index (χ0) is 41.5. The third-order valence-electron chi connectivity index (χ3n) is 11.8. The normalized spacial score (nSPS) is 35.3. The minimum Gasteiger partial charge on any atom is -0.374 e. The second-order valence-electron chi connectivity index (χ2n) is 15.6. The number of methoxy groups -OCH3 is 3. The van der Waals surface area contributed by atoms with Crippen LogP contribution in [0.1, 0.15) is 42.4 Å². The molecule has 0 N–H and O–H groups in total. The van der Waals surface area contributed by atoms with Gasteiger partial charge in [-0.15, -0.1) is 0 Å². The van der Waals surface area contributed by atoms with E-state index in [4.69, 9.17) is 61.6 Å². The van der Waals surface area contributed by atoms with Gasteiger partial charge < -0.3 is 61.6 Å². The second kappa shape index (κ2) is 19.6. The number of hydrogen-bond donors (Lipinski definition) is 0. The van der Waals surface area contributed by atoms with Crippen molar-refractivity contribution in [3.05, 3.63) is 144 Å². The highest BCUT2D eigenvalue weighted by molar-refractivity contribution is 5.18. The van der Waals surface area contributed by atoms with Gasteiger partial charge in [0, 0.05) is 26.9 Å². The van der Waals surface area contributed by atoms with E-state index in [0.29, 0.717) is 6.61 Å². The van der Waals surface area contributed by atoms with Gasteiger partial charge in [0.15, 0.2) is 18.9 Å². The van der Waals surface area contributed by atoms with Crippen LogP contribution in [0.4, 0.5) is 0 Å². The van der Waals surface area contributed by atoms with Crippen LogP contribution < -0.4 is 0 Å². The summed E-state index contributed by atoms with van der Waals surface area (Å²) in [5, 5.41) is 0. The zero-order valence-electron chi connectivity index (χ0n) is 34.7. The Kier molecular flexibility index (Phi) is 14.1. The Balaban J connectivity index is 1.14. The van der Waals surface area contributed by atoms with Gasteiger partial charge in [0.2, 0.25) is 11.6 Å². The van der Waals surface area contributed by atoms with Gasteiger partial charge in [-0.1, -0.05) is 121 Å². The van der Waals surface area contributed by atoms with E-state index in [-0.39, 0.29) is 26.4 Å². The van der Waals surface area contributed by atoms with E-state index in [0.717, 1.165) is 22.3 Å². The lowest BCUT2D eigenvalue weighted by Gasteiger charge is -2.57. The monoisotopic (exact) mass is 828 g/mol. The lowest BCUT2D eigenvalue weighted by atomic mass is 9.93. The van der Waals surface area contributed by atoms with E-state index in [2.05, 4.69) is 0 Å². The Morgan fingerprint density at radius 2 is 1.08 bits per heavy atom. The molecule has 13 atom stereocenters. The average Bonchev–Trinajstić information content (AvgIpc) is 3.30. The van der Waals surface area contributed by atoms with Crippen molar-refractivity contribution in [3.8, 4) is 0 Å². The van der Waals surface area contributed by atoms with Gasteiger partial charge in [0.25, 0.3) is 0 Å². The molecule has 0 saturated carbocycles. The van der Waals surface area contributed by atoms with E-state index < -0.39 is 79.3 Å². The zero-order valence-corrected chi connectivity index (χ0v) is 34.7. The lowest BCUT2D eigenvalue weighted by Crippen LogP contribution is -2.74. The topological polar surface area (TPSA) is 120 Å². The molecule has 4 heterocycles. The Hall–Kier alpha value is -3.64. The molecule has 0 bridgehead atoms. The summed E-state index contributed by atoms with van der Waals surface area (Å²) in [6.07, 6.45) is -8.58. The number of hydrogen-bond acceptors (Lipinski definition) is 13. The third-order valence-corrected chi connectivity index (χ3v) is 11.8. The summed E-state index contributed by atoms with van der Waals surface area (Å²) in [5.74, 6) is -2.70. The second-order valence-corrected chi connectivity index (χ2v) is 15.6. The quantitative estimate of drug-likeness (QED) is 0.123. The van der Waals surface area contributed by atoms with Crippen LogP contribution in [0.2, 0.25) is 0 Å². The SMILES string of the molecule is CO[C@H]1O[C@@H]2COC(c3ccccc3)O[C@H]2[C@H](OCc2ccccc2)[C@@H]1O[C@H]1O[C@H](COCc2ccccc2)[C@H]2OC(C)(OC)C(C)(OC)O[C@@H]2[C@@H]1OCc1ccccc1. The van der Waals surface area contributed by atoms with Crippen molar-refractivity contribution in [1.29, 1.82) is 0 Å². The predicted molar refractivity (Wildman–Crippen MR) is 216 cm³/mol. The molecule has 4 aliphatic rings. The van der Waals surface area contributed by atoms with Crippen molar-refractivity contribution in [2.45, 2.75) is 113 Å². The van der Waals surface area contributed by atoms with Crippen LogP contribution in [0.15, 0.2) is 121 Å². The Bertz CT molecular complexity index is 1890. The molecule has 322 valence electrons. The fraction of sp³-hybridized carbons (Fsp3) is 0.489. The molecule has 0 aromatic heterocycles. The van der Waals surface area contributed by atoms with E-state index in [1.807, 2.05) is 121 Å². The summed E-state index contributed by atoms with van der Waals surface area (Å²) in [4.78, 5) is 0. The van der Waals surface area contributed by atoms with E-state index >= 15 is 0 Å². The van der Waals surface area contributed by atoms with Crippen molar-refractivity contribution in [2.75, 3.05) is 34.5 Å². The van der Waals surface area contributed by atoms with Crippen LogP contribution in [0, 0.1) is 0 Å². The molecule has 8 rings (SSSR count). The molecule has 60 heavy (non-hydrogen) atoms. The summed E-state index contributed by atoms with van der Waals surface area (Å²) in [7, 11) is 4.68. The Labute approximate surface area is 351 Å². The van der Waals surface area contributed by atoms with Crippen LogP contribution in [0.25, 0.3) is 0 Å². The maximum Gasteiger partial charge on any atom is 0.220 e. The molecule has 0 aliphatic carbocycles. The average molecular weight is 829 g/mol. The standard InChI is InChI=1S/C47H56O13/c1-46(49-4)47(2,50-5)60-40-38(59-46)35(29-51-26-31-18-10-6-11-19-31)56-45(41(40)53-28-33-22-14-8-15-23-33)58-42-39(52-27-32-20-12-7-13-21-32)37-36(55-44(42)48-3)30-54-43(57-37)34-24-16-9-17-25-34/h6-25,35-45H,26-30H2,1-5H3/t35-,36-,37-,38-,39+,40+,41+,42+,43?,44+,45-,46?,47?/m1/s1. The highest BCUT2D eigenvalue weighted by Crippen LogP contribution is 2.46. The summed E-state index contributed by atoms with van der Waals surface area (Å²) in [6, 6.07) is 39.5. The van der Waals surface area contributed by atoms with Crippen LogP contribution in [-0.2, 0) is 81.4 Å². The molecule has 13 heteroatoms. The van der Waals surface area contributed by atoms with Gasteiger partial charge in [-0.05, 0) is 30.5 Å². The van der Waals surface area contributed by atoms with Crippen molar-refractivity contribution < 1.29 is 61.6 Å². The smallest absolute Gasteiger partial charge is 0.220 e. The fourth-order valence-electron chi connectivity index (χ4n) is 8.18. The largest absolute Gasteiger partial charge is 0.374 e. The number of benzene rings is 4. The molecule has 4 saturated heterocycles. The van der Waals surface area contributed by atoms with Crippen molar-refractivity contribution in [2.24, 2.45) is 0 Å². The first-order valence-corrected chi connectivity index (χ1v) is 20.5. The van der Waals surface area contributed by atoms with Gasteiger partial charge in [0.05, 0.1) is 33.0 Å². The third kappa shape index (κ3) is 9.39. The van der Waals surface area contributed by atoms with E-state index in [1.165, 1.54) is 0 Å². The van der Waals surface area contributed by atoms with Crippen molar-refractivity contribution >= 4 is 0 Å². The molecule has 4 aromatic carbocycles. The Morgan fingerprint density at radius 3 is 1.65 bits per heavy atom. The maximum absolute atomic E-state index is 7.15. The molecule has 4 aliphatic heterocycles. The first kappa shape index (κ1) is 43.0. The molecule has 4 fully saturated rings. The summed E-state index contributed by atoms with van der Waals surface area (Å²) in [5.41, 5.74) is 3.80. The van der Waals surface area contributed by atoms with Gasteiger partial charge in [-0.2, -0.15) is 0 Å². The minimum absolute atomic E-state index is 0.126. The van der Waals surface area contributed by atoms with Gasteiger partial charge in [-0.25, -0.2) is 0 Å². The fourth-order valence-corrected chi connectivity index (χ4v) is 8.18. The first-order valence-electron chi connectivity index (χ1n) is 20.5. The highest BCUT2D eigenvalue weighted by Gasteiger charge is 2.64. The van der Waals surface area contributed by atoms with Gasteiger partial charge in [0.1, 0.15) is 48.8 Å². The molecule has 13 nitrogen and oxygen atoms in total. The molecule has 0 amide bonds. The lowest BCUT2D eigenvalue weighted by molar-refractivity contribution is -0.485. The molecule has 0 spiro atoms. The number of ether oxygens (including phenoxy) is 13. The van der Waals surface area contributed by atoms with E-state index in [9.17, 15) is 0 Å². The highest BCUT2D eigenvalue weighted by atomic mass is 16.8. The molecule has 3 unspecified atom stereocenters.